The van der Waals surface area contributed by atoms with Gasteiger partial charge in [0.05, 0.1) is 12.8 Å². The summed E-state index contributed by atoms with van der Waals surface area (Å²) in [6.07, 6.45) is 0.846. The number of benzene rings is 1. The Bertz CT molecular complexity index is 593. The monoisotopic (exact) mass is 275 g/mol. The van der Waals surface area contributed by atoms with Crippen LogP contribution in [0.1, 0.15) is 26.2 Å². The van der Waals surface area contributed by atoms with Crippen LogP contribution in [-0.4, -0.2) is 23.0 Å². The molecule has 2 rings (SSSR count). The number of nitrogens with zero attached hydrogens (tertiary/aromatic N) is 3. The first-order valence-corrected chi connectivity index (χ1v) is 6.35. The first-order valence-electron chi connectivity index (χ1n) is 6.35. The Labute approximate surface area is 117 Å². The molecule has 6 heteroatoms. The van der Waals surface area contributed by atoms with Crippen molar-refractivity contribution in [2.24, 2.45) is 5.16 Å². The van der Waals surface area contributed by atoms with E-state index in [2.05, 4.69) is 15.4 Å². The lowest BCUT2D eigenvalue weighted by atomic mass is 10.2. The van der Waals surface area contributed by atoms with E-state index in [-0.39, 0.29) is 6.61 Å². The molecule has 2 aromatic rings. The Hall–Kier alpha value is -2.37. The third kappa shape index (κ3) is 3.57. The number of hydrogen-bond donors (Lipinski definition) is 0. The van der Waals surface area contributed by atoms with Crippen LogP contribution in [0.25, 0.3) is 11.5 Å². The maximum absolute atomic E-state index is 5.51. The van der Waals surface area contributed by atoms with E-state index in [0.717, 1.165) is 23.4 Å². The van der Waals surface area contributed by atoms with Gasteiger partial charge in [-0.05, 0) is 31.5 Å². The highest BCUT2D eigenvalue weighted by atomic mass is 16.6. The van der Waals surface area contributed by atoms with Gasteiger partial charge in [0.2, 0.25) is 5.89 Å². The van der Waals surface area contributed by atoms with Gasteiger partial charge in [-0.3, -0.25) is 0 Å². The highest BCUT2D eigenvalue weighted by Gasteiger charge is 2.09. The second kappa shape index (κ2) is 6.70. The zero-order chi connectivity index (χ0) is 14.4. The first kappa shape index (κ1) is 14.0. The van der Waals surface area contributed by atoms with E-state index in [0.29, 0.717) is 11.8 Å². The molecule has 6 nitrogen and oxygen atoms in total. The van der Waals surface area contributed by atoms with E-state index in [1.165, 1.54) is 0 Å². The topological polar surface area (TPSA) is 69.7 Å². The van der Waals surface area contributed by atoms with Crippen LogP contribution >= 0.6 is 0 Å². The SMILES string of the molecule is CCC(C)=NOCc1nnc(-c2cccc(OC)c2)o1. The van der Waals surface area contributed by atoms with Crippen molar-refractivity contribution < 1.29 is 14.0 Å². The van der Waals surface area contributed by atoms with Gasteiger partial charge in [-0.15, -0.1) is 10.2 Å². The fourth-order valence-corrected chi connectivity index (χ4v) is 1.45. The molecule has 0 amide bonds. The van der Waals surface area contributed by atoms with Crippen LogP contribution in [0.2, 0.25) is 0 Å². The molecule has 1 aromatic carbocycles. The van der Waals surface area contributed by atoms with Crippen molar-refractivity contribution in [3.05, 3.63) is 30.2 Å². The Balaban J connectivity index is 2.04. The summed E-state index contributed by atoms with van der Waals surface area (Å²) in [5.74, 6) is 1.55. The molecule has 0 atom stereocenters. The smallest absolute Gasteiger partial charge is 0.257 e. The zero-order valence-electron chi connectivity index (χ0n) is 11.8. The third-order valence-corrected chi connectivity index (χ3v) is 2.70. The molecule has 0 unspecified atom stereocenters. The highest BCUT2D eigenvalue weighted by Crippen LogP contribution is 2.22. The Morgan fingerprint density at radius 3 is 2.95 bits per heavy atom. The fraction of sp³-hybridized carbons (Fsp3) is 0.357. The van der Waals surface area contributed by atoms with Gasteiger partial charge in [-0.1, -0.05) is 18.1 Å². The van der Waals surface area contributed by atoms with E-state index in [1.54, 1.807) is 7.11 Å². The molecule has 0 N–H and O–H groups in total. The third-order valence-electron chi connectivity index (χ3n) is 2.70. The normalized spacial score (nSPS) is 11.4. The minimum Gasteiger partial charge on any atom is -0.497 e. The molecule has 0 spiro atoms. The van der Waals surface area contributed by atoms with Crippen LogP contribution < -0.4 is 4.74 Å². The second-order valence-corrected chi connectivity index (χ2v) is 4.19. The minimum atomic E-state index is 0.161. The van der Waals surface area contributed by atoms with Crippen molar-refractivity contribution in [3.8, 4) is 17.2 Å². The molecule has 1 heterocycles. The van der Waals surface area contributed by atoms with Crippen molar-refractivity contribution >= 4 is 5.71 Å². The van der Waals surface area contributed by atoms with Crippen molar-refractivity contribution in [2.75, 3.05) is 7.11 Å². The largest absolute Gasteiger partial charge is 0.497 e. The Kier molecular flexibility index (Phi) is 4.70. The molecule has 20 heavy (non-hydrogen) atoms. The van der Waals surface area contributed by atoms with Gasteiger partial charge in [0.25, 0.3) is 5.89 Å². The number of aromatic nitrogens is 2. The predicted molar refractivity (Wildman–Crippen MR) is 74.5 cm³/mol. The quantitative estimate of drug-likeness (QED) is 0.598. The van der Waals surface area contributed by atoms with E-state index < -0.39 is 0 Å². The lowest BCUT2D eigenvalue weighted by Crippen LogP contribution is -1.92. The molecule has 0 saturated heterocycles. The van der Waals surface area contributed by atoms with Gasteiger partial charge < -0.3 is 14.0 Å². The standard InChI is InChI=1S/C14H17N3O3/c1-4-10(2)17-19-9-13-15-16-14(20-13)11-6-5-7-12(8-11)18-3/h5-8H,4,9H2,1-3H3. The summed E-state index contributed by atoms with van der Waals surface area (Å²) in [6.45, 7) is 4.07. The van der Waals surface area contributed by atoms with E-state index in [9.17, 15) is 0 Å². The summed E-state index contributed by atoms with van der Waals surface area (Å²) in [5, 5.41) is 11.8. The summed E-state index contributed by atoms with van der Waals surface area (Å²) in [5.41, 5.74) is 1.72. The van der Waals surface area contributed by atoms with Crippen LogP contribution in [0.3, 0.4) is 0 Å². The summed E-state index contributed by atoms with van der Waals surface area (Å²) in [7, 11) is 1.61. The number of ether oxygens (including phenoxy) is 1. The van der Waals surface area contributed by atoms with Gasteiger partial charge in [0, 0.05) is 5.56 Å². The molecule has 106 valence electrons. The lowest BCUT2D eigenvalue weighted by molar-refractivity contribution is 0.110. The molecule has 0 aliphatic rings. The molecular weight excluding hydrogens is 258 g/mol. The Morgan fingerprint density at radius 2 is 2.20 bits per heavy atom. The van der Waals surface area contributed by atoms with Gasteiger partial charge in [-0.2, -0.15) is 0 Å². The van der Waals surface area contributed by atoms with Crippen LogP contribution in [0, 0.1) is 0 Å². The molecule has 0 radical (unpaired) electrons. The van der Waals surface area contributed by atoms with E-state index in [1.807, 2.05) is 38.1 Å². The number of methoxy groups -OCH3 is 1. The van der Waals surface area contributed by atoms with Crippen molar-refractivity contribution in [1.29, 1.82) is 0 Å². The maximum atomic E-state index is 5.51. The zero-order valence-corrected chi connectivity index (χ0v) is 11.8. The summed E-state index contributed by atoms with van der Waals surface area (Å²) >= 11 is 0. The van der Waals surface area contributed by atoms with Crippen LogP contribution in [-0.2, 0) is 11.4 Å². The van der Waals surface area contributed by atoms with E-state index in [4.69, 9.17) is 14.0 Å². The molecule has 0 aliphatic carbocycles. The average molecular weight is 275 g/mol. The summed E-state index contributed by atoms with van der Waals surface area (Å²) in [4.78, 5) is 5.13. The molecule has 0 bridgehead atoms. The van der Waals surface area contributed by atoms with Crippen LogP contribution in [0.4, 0.5) is 0 Å². The van der Waals surface area contributed by atoms with Crippen molar-refractivity contribution in [3.63, 3.8) is 0 Å². The number of rotatable bonds is 6. The summed E-state index contributed by atoms with van der Waals surface area (Å²) in [6, 6.07) is 7.42. The molecule has 0 saturated carbocycles. The molecule has 0 fully saturated rings. The number of hydrogen-bond acceptors (Lipinski definition) is 6. The van der Waals surface area contributed by atoms with Crippen LogP contribution in [0.5, 0.6) is 5.75 Å². The van der Waals surface area contributed by atoms with Gasteiger partial charge in [-0.25, -0.2) is 0 Å². The minimum absolute atomic E-state index is 0.161. The number of oxime groups is 1. The van der Waals surface area contributed by atoms with Crippen molar-refractivity contribution in [1.82, 2.24) is 10.2 Å². The van der Waals surface area contributed by atoms with E-state index >= 15 is 0 Å². The second-order valence-electron chi connectivity index (χ2n) is 4.19. The molecule has 1 aromatic heterocycles. The summed E-state index contributed by atoms with van der Waals surface area (Å²) < 4.78 is 10.7. The van der Waals surface area contributed by atoms with Gasteiger partial charge in [0.15, 0.2) is 6.61 Å². The predicted octanol–water partition coefficient (Wildman–Crippen LogP) is 3.05. The van der Waals surface area contributed by atoms with Gasteiger partial charge >= 0.3 is 0 Å². The molecule has 0 aliphatic heterocycles. The fourth-order valence-electron chi connectivity index (χ4n) is 1.45. The lowest BCUT2D eigenvalue weighted by Gasteiger charge is -2.00. The van der Waals surface area contributed by atoms with Crippen molar-refractivity contribution in [2.45, 2.75) is 26.9 Å². The van der Waals surface area contributed by atoms with Gasteiger partial charge in [0.1, 0.15) is 5.75 Å². The average Bonchev–Trinajstić information content (AvgIpc) is 2.96. The maximum Gasteiger partial charge on any atom is 0.257 e. The molecular formula is C14H17N3O3. The first-order chi connectivity index (χ1) is 9.72. The Morgan fingerprint density at radius 1 is 1.35 bits per heavy atom. The van der Waals surface area contributed by atoms with Crippen LogP contribution in [0.15, 0.2) is 33.8 Å². The highest BCUT2D eigenvalue weighted by molar-refractivity contribution is 5.80.